The topological polar surface area (TPSA) is 40.1 Å². The summed E-state index contributed by atoms with van der Waals surface area (Å²) in [6.07, 6.45) is 2.47. The Labute approximate surface area is 102 Å². The van der Waals surface area contributed by atoms with Gasteiger partial charge in [0.05, 0.1) is 18.6 Å². The summed E-state index contributed by atoms with van der Waals surface area (Å²) >= 11 is 0. The number of aliphatic hydroxyl groups excluding tert-OH is 1. The van der Waals surface area contributed by atoms with Gasteiger partial charge in [-0.1, -0.05) is 18.2 Å². The molecule has 17 heavy (non-hydrogen) atoms. The minimum Gasteiger partial charge on any atom is -0.395 e. The minimum atomic E-state index is 0.287. The lowest BCUT2D eigenvalue weighted by atomic mass is 9.74. The average Bonchev–Trinajstić information content (AvgIpc) is 2.73. The third kappa shape index (κ3) is 1.88. The second-order valence-corrected chi connectivity index (χ2v) is 5.34. The van der Waals surface area contributed by atoms with E-state index in [0.29, 0.717) is 5.41 Å². The molecule has 1 aromatic carbocycles. The van der Waals surface area contributed by atoms with Crippen LogP contribution in [0.3, 0.4) is 0 Å². The van der Waals surface area contributed by atoms with Gasteiger partial charge in [0.1, 0.15) is 5.69 Å². The van der Waals surface area contributed by atoms with E-state index in [0.717, 1.165) is 19.6 Å². The maximum atomic E-state index is 8.99. The standard InChI is InChI=1S/C14H20N2O/c17-10-9-16-7-5-14(6-8-16)11-15-13-4-2-1-3-12(13)14/h1-4,15,17H,5-11H2/p+1. The number of para-hydroxylation sites is 1. The number of β-amino-alcohol motifs (C(OH)–C–C–N with tert-alkyl or cyclic N) is 1. The number of piperidine rings is 1. The van der Waals surface area contributed by atoms with Gasteiger partial charge in [0.25, 0.3) is 0 Å². The molecule has 0 atom stereocenters. The van der Waals surface area contributed by atoms with Crippen molar-refractivity contribution < 1.29 is 10.4 Å². The van der Waals surface area contributed by atoms with Gasteiger partial charge in [0.2, 0.25) is 0 Å². The second kappa shape index (κ2) is 4.41. The first-order valence-electron chi connectivity index (χ1n) is 6.60. The molecule has 2 aliphatic rings. The second-order valence-electron chi connectivity index (χ2n) is 5.34. The molecule has 3 rings (SSSR count). The number of hydrogen-bond donors (Lipinski definition) is 2. The Morgan fingerprint density at radius 1 is 1.24 bits per heavy atom. The molecular formula is C14H21N2O+. The predicted octanol–water partition coefficient (Wildman–Crippen LogP) is 0.221. The number of fused-ring (bicyclic) bond motifs is 2. The largest absolute Gasteiger partial charge is 0.395 e. The van der Waals surface area contributed by atoms with Gasteiger partial charge in [-0.2, -0.15) is 0 Å². The Morgan fingerprint density at radius 3 is 2.76 bits per heavy atom. The van der Waals surface area contributed by atoms with E-state index in [1.54, 1.807) is 5.56 Å². The monoisotopic (exact) mass is 233 g/mol. The van der Waals surface area contributed by atoms with Gasteiger partial charge >= 0.3 is 0 Å². The molecule has 0 aromatic heterocycles. The lowest BCUT2D eigenvalue weighted by molar-refractivity contribution is -0.569. The van der Waals surface area contributed by atoms with Crippen LogP contribution in [0.5, 0.6) is 0 Å². The number of hydrogen-bond acceptors (Lipinski definition) is 2. The van der Waals surface area contributed by atoms with Crippen LogP contribution in [0.1, 0.15) is 18.4 Å². The molecule has 0 radical (unpaired) electrons. The van der Waals surface area contributed by atoms with Gasteiger partial charge in [-0.15, -0.1) is 0 Å². The third-order valence-corrected chi connectivity index (χ3v) is 4.47. The molecular weight excluding hydrogens is 212 g/mol. The number of quaternary nitrogens is 1. The molecule has 1 fully saturated rings. The van der Waals surface area contributed by atoms with Crippen molar-refractivity contribution in [1.82, 2.24) is 4.90 Å². The fraction of sp³-hybridized carbons (Fsp3) is 0.571. The molecule has 0 aliphatic carbocycles. The zero-order valence-corrected chi connectivity index (χ0v) is 10.2. The Morgan fingerprint density at radius 2 is 2.00 bits per heavy atom. The van der Waals surface area contributed by atoms with E-state index in [4.69, 9.17) is 5.11 Å². The Kier molecular flexibility index (Phi) is 2.90. The highest BCUT2D eigenvalue weighted by atomic mass is 16.3. The van der Waals surface area contributed by atoms with Crippen LogP contribution in [0.2, 0.25) is 0 Å². The molecule has 92 valence electrons. The quantitative estimate of drug-likeness (QED) is 0.718. The fourth-order valence-corrected chi connectivity index (χ4v) is 3.39. The number of nitrogens with zero attached hydrogens (tertiary/aromatic N) is 1. The predicted molar refractivity (Wildman–Crippen MR) is 67.3 cm³/mol. The van der Waals surface area contributed by atoms with E-state index in [1.165, 1.54) is 25.1 Å². The van der Waals surface area contributed by atoms with E-state index >= 15 is 0 Å². The lowest BCUT2D eigenvalue weighted by Crippen LogP contribution is -2.78. The molecule has 0 saturated carbocycles. The summed E-state index contributed by atoms with van der Waals surface area (Å²) in [4.78, 5) is 2.38. The molecule has 0 amide bonds. The summed E-state index contributed by atoms with van der Waals surface area (Å²) in [5.41, 5.74) is 3.41. The molecule has 2 aliphatic heterocycles. The van der Waals surface area contributed by atoms with Crippen molar-refractivity contribution in [2.24, 2.45) is 0 Å². The van der Waals surface area contributed by atoms with E-state index in [1.807, 2.05) is 0 Å². The summed E-state index contributed by atoms with van der Waals surface area (Å²) in [7, 11) is 0. The van der Waals surface area contributed by atoms with Crippen molar-refractivity contribution in [1.29, 1.82) is 0 Å². The summed E-state index contributed by atoms with van der Waals surface area (Å²) in [6.45, 7) is 4.59. The number of nitrogens with two attached hydrogens (primary N) is 1. The van der Waals surface area contributed by atoms with Crippen LogP contribution in [0.4, 0.5) is 5.69 Å². The van der Waals surface area contributed by atoms with E-state index in [-0.39, 0.29) is 6.61 Å². The van der Waals surface area contributed by atoms with Gasteiger partial charge in [-0.05, 0) is 32.0 Å². The maximum Gasteiger partial charge on any atom is 0.133 e. The van der Waals surface area contributed by atoms with Crippen LogP contribution < -0.4 is 5.32 Å². The van der Waals surface area contributed by atoms with Crippen molar-refractivity contribution in [2.75, 3.05) is 32.8 Å². The summed E-state index contributed by atoms with van der Waals surface area (Å²) in [6, 6.07) is 8.85. The summed E-state index contributed by atoms with van der Waals surface area (Å²) in [5, 5.41) is 11.4. The smallest absolute Gasteiger partial charge is 0.133 e. The van der Waals surface area contributed by atoms with Crippen molar-refractivity contribution in [2.45, 2.75) is 18.3 Å². The highest BCUT2D eigenvalue weighted by Crippen LogP contribution is 2.39. The third-order valence-electron chi connectivity index (χ3n) is 4.47. The zero-order chi connectivity index (χ0) is 11.7. The Bertz CT molecular complexity index is 397. The van der Waals surface area contributed by atoms with Crippen LogP contribution in [0, 0.1) is 0 Å². The van der Waals surface area contributed by atoms with Crippen LogP contribution in [-0.4, -0.2) is 42.8 Å². The molecule has 3 N–H and O–H groups in total. The maximum absolute atomic E-state index is 8.99. The molecule has 1 spiro atoms. The molecule has 1 saturated heterocycles. The number of likely N-dealkylation sites (tertiary alicyclic amines) is 1. The summed E-state index contributed by atoms with van der Waals surface area (Å²) in [5.74, 6) is 0. The highest BCUT2D eigenvalue weighted by Gasteiger charge is 2.44. The van der Waals surface area contributed by atoms with E-state index in [9.17, 15) is 0 Å². The van der Waals surface area contributed by atoms with Gasteiger partial charge in [0, 0.05) is 12.1 Å². The van der Waals surface area contributed by atoms with Crippen molar-refractivity contribution in [3.05, 3.63) is 29.8 Å². The molecule has 0 bridgehead atoms. The number of aliphatic hydroxyl groups is 1. The van der Waals surface area contributed by atoms with Crippen LogP contribution in [0.25, 0.3) is 0 Å². The summed E-state index contributed by atoms with van der Waals surface area (Å²) < 4.78 is 0. The van der Waals surface area contributed by atoms with Crippen molar-refractivity contribution in [3.8, 4) is 0 Å². The molecule has 1 aromatic rings. The van der Waals surface area contributed by atoms with Crippen LogP contribution >= 0.6 is 0 Å². The van der Waals surface area contributed by atoms with Gasteiger partial charge < -0.3 is 15.3 Å². The van der Waals surface area contributed by atoms with Gasteiger partial charge in [-0.25, -0.2) is 0 Å². The van der Waals surface area contributed by atoms with Crippen LogP contribution in [-0.2, 0) is 5.41 Å². The van der Waals surface area contributed by atoms with Crippen molar-refractivity contribution >= 4 is 5.69 Å². The first-order valence-corrected chi connectivity index (χ1v) is 6.60. The number of benzene rings is 1. The van der Waals surface area contributed by atoms with E-state index < -0.39 is 0 Å². The minimum absolute atomic E-state index is 0.287. The first-order chi connectivity index (χ1) is 8.34. The fourth-order valence-electron chi connectivity index (χ4n) is 3.39. The number of rotatable bonds is 2. The van der Waals surface area contributed by atoms with E-state index in [2.05, 4.69) is 34.5 Å². The van der Waals surface area contributed by atoms with Crippen molar-refractivity contribution in [3.63, 3.8) is 0 Å². The normalized spacial score (nSPS) is 22.9. The van der Waals surface area contributed by atoms with Gasteiger partial charge in [-0.3, -0.25) is 0 Å². The van der Waals surface area contributed by atoms with Gasteiger partial charge in [0.15, 0.2) is 0 Å². The molecule has 3 heteroatoms. The Hall–Kier alpha value is -0.900. The first kappa shape index (κ1) is 11.2. The molecule has 2 heterocycles. The van der Waals surface area contributed by atoms with Crippen LogP contribution in [0.15, 0.2) is 24.3 Å². The SMILES string of the molecule is OCCN1CCC2(CC1)C[NH2+]c1ccccc12. The highest BCUT2D eigenvalue weighted by molar-refractivity contribution is 5.47. The lowest BCUT2D eigenvalue weighted by Gasteiger charge is -2.37. The molecule has 3 nitrogen and oxygen atoms in total. The Balaban J connectivity index is 1.78. The molecule has 0 unspecified atom stereocenters. The zero-order valence-electron chi connectivity index (χ0n) is 10.2. The average molecular weight is 233 g/mol.